The fraction of sp³-hybridized carbons (Fsp3) is 0.840. The summed E-state index contributed by atoms with van der Waals surface area (Å²) in [7, 11) is 0. The molecule has 0 saturated heterocycles. The van der Waals surface area contributed by atoms with E-state index >= 15 is 0 Å². The summed E-state index contributed by atoms with van der Waals surface area (Å²) in [6.07, 6.45) is 11.9. The Bertz CT molecular complexity index is 550. The summed E-state index contributed by atoms with van der Waals surface area (Å²) in [4.78, 5) is 0. The zero-order valence-electron chi connectivity index (χ0n) is 19.0. The largest absolute Gasteiger partial charge is 0.393 e. The van der Waals surface area contributed by atoms with Crippen LogP contribution in [0.15, 0.2) is 23.8 Å². The van der Waals surface area contributed by atoms with Crippen LogP contribution in [0.2, 0.25) is 0 Å². The average molecular weight is 393 g/mol. The van der Waals surface area contributed by atoms with E-state index in [1.807, 2.05) is 0 Å². The molecule has 0 aromatic rings. The van der Waals surface area contributed by atoms with Crippen molar-refractivity contribution in [1.29, 1.82) is 0 Å². The van der Waals surface area contributed by atoms with Crippen molar-refractivity contribution in [1.82, 2.24) is 0 Å². The first-order chi connectivity index (χ1) is 13.0. The fourth-order valence-electron chi connectivity index (χ4n) is 5.48. The van der Waals surface area contributed by atoms with Crippen molar-refractivity contribution in [2.45, 2.75) is 105 Å². The van der Waals surface area contributed by atoms with Gasteiger partial charge in [-0.15, -0.1) is 0 Å². The van der Waals surface area contributed by atoms with E-state index in [-0.39, 0.29) is 16.9 Å². The minimum Gasteiger partial charge on any atom is -0.393 e. The molecule has 0 aliphatic heterocycles. The molecular formula is C25H44O3. The molecule has 0 heterocycles. The summed E-state index contributed by atoms with van der Waals surface area (Å²) in [5, 5.41) is 29.9. The Hall–Kier alpha value is -0.640. The number of allylic oxidation sites excluding steroid dienone is 3. The lowest BCUT2D eigenvalue weighted by Gasteiger charge is -2.46. The van der Waals surface area contributed by atoms with E-state index in [9.17, 15) is 15.3 Å². The molecule has 2 saturated carbocycles. The van der Waals surface area contributed by atoms with Crippen LogP contribution in [0.3, 0.4) is 0 Å². The van der Waals surface area contributed by atoms with Gasteiger partial charge in [-0.3, -0.25) is 0 Å². The molecule has 3 N–H and O–H groups in total. The van der Waals surface area contributed by atoms with Gasteiger partial charge < -0.3 is 15.3 Å². The minimum atomic E-state index is -0.406. The van der Waals surface area contributed by atoms with Gasteiger partial charge in [-0.25, -0.2) is 0 Å². The molecule has 0 aromatic carbocycles. The third-order valence-corrected chi connectivity index (χ3v) is 8.34. The Morgan fingerprint density at radius 2 is 1.64 bits per heavy atom. The molecule has 2 aliphatic carbocycles. The monoisotopic (exact) mass is 392 g/mol. The van der Waals surface area contributed by atoms with Gasteiger partial charge in [0, 0.05) is 0 Å². The average Bonchev–Trinajstić information content (AvgIpc) is 2.82. The normalized spacial score (nSPS) is 35.5. The van der Waals surface area contributed by atoms with E-state index in [0.717, 1.165) is 18.4 Å². The Kier molecular flexibility index (Phi) is 7.98. The number of hydrogen-bond donors (Lipinski definition) is 3. The summed E-state index contributed by atoms with van der Waals surface area (Å²) >= 11 is 0. The van der Waals surface area contributed by atoms with E-state index < -0.39 is 12.2 Å². The Balaban J connectivity index is 2.01. The highest BCUT2D eigenvalue weighted by Gasteiger charge is 2.52. The second kappa shape index (κ2) is 9.45. The molecule has 6 atom stereocenters. The van der Waals surface area contributed by atoms with Gasteiger partial charge in [-0.2, -0.15) is 0 Å². The van der Waals surface area contributed by atoms with Gasteiger partial charge in [0.15, 0.2) is 0 Å². The lowest BCUT2D eigenvalue weighted by atomic mass is 9.59. The number of aliphatic hydroxyl groups is 3. The first-order valence-electron chi connectivity index (χ1n) is 11.4. The Labute approximate surface area is 172 Å². The molecule has 0 amide bonds. The summed E-state index contributed by atoms with van der Waals surface area (Å²) in [6, 6.07) is 0. The molecule has 0 bridgehead atoms. The zero-order chi connectivity index (χ0) is 21.1. The molecule has 162 valence electrons. The third-order valence-electron chi connectivity index (χ3n) is 8.34. The smallest absolute Gasteiger partial charge is 0.0602 e. The lowest BCUT2D eigenvalue weighted by molar-refractivity contribution is 0.0277. The summed E-state index contributed by atoms with van der Waals surface area (Å²) < 4.78 is 0. The van der Waals surface area contributed by atoms with Gasteiger partial charge in [0.1, 0.15) is 0 Å². The molecule has 0 radical (unpaired) electrons. The van der Waals surface area contributed by atoms with Crippen LogP contribution < -0.4 is 0 Å². The second-order valence-corrected chi connectivity index (χ2v) is 10.7. The Morgan fingerprint density at radius 3 is 2.21 bits per heavy atom. The molecule has 0 spiro atoms. The van der Waals surface area contributed by atoms with Crippen molar-refractivity contribution in [2.75, 3.05) is 0 Å². The van der Waals surface area contributed by atoms with E-state index in [4.69, 9.17) is 0 Å². The predicted molar refractivity (Wildman–Crippen MR) is 117 cm³/mol. The van der Waals surface area contributed by atoms with E-state index in [0.29, 0.717) is 37.0 Å². The van der Waals surface area contributed by atoms with Crippen LogP contribution in [-0.4, -0.2) is 33.6 Å². The first kappa shape index (κ1) is 23.6. The van der Waals surface area contributed by atoms with Crippen LogP contribution in [0.4, 0.5) is 0 Å². The van der Waals surface area contributed by atoms with Gasteiger partial charge >= 0.3 is 0 Å². The predicted octanol–water partition coefficient (Wildman–Crippen LogP) is 5.25. The SMILES string of the molecule is CC(C)[C@@H](O)CC[C@H](C)C1(C)CC[C@@H](/C=C/C=C2C[C@@H](O)C[C@H](O)C2)C1(C)C. The second-order valence-electron chi connectivity index (χ2n) is 10.7. The molecule has 2 fully saturated rings. The van der Waals surface area contributed by atoms with Crippen molar-refractivity contribution in [2.24, 2.45) is 28.6 Å². The third kappa shape index (κ3) is 5.29. The zero-order valence-corrected chi connectivity index (χ0v) is 19.0. The molecule has 28 heavy (non-hydrogen) atoms. The Morgan fingerprint density at radius 1 is 1.04 bits per heavy atom. The lowest BCUT2D eigenvalue weighted by Crippen LogP contribution is -2.39. The highest BCUT2D eigenvalue weighted by atomic mass is 16.3. The van der Waals surface area contributed by atoms with Crippen molar-refractivity contribution < 1.29 is 15.3 Å². The maximum Gasteiger partial charge on any atom is 0.0602 e. The van der Waals surface area contributed by atoms with E-state index in [1.165, 1.54) is 12.8 Å². The van der Waals surface area contributed by atoms with Crippen LogP contribution in [-0.2, 0) is 0 Å². The molecule has 2 rings (SSSR count). The molecule has 3 heteroatoms. The van der Waals surface area contributed by atoms with Crippen molar-refractivity contribution in [3.8, 4) is 0 Å². The van der Waals surface area contributed by atoms with Gasteiger partial charge in [0.2, 0.25) is 0 Å². The van der Waals surface area contributed by atoms with Crippen LogP contribution >= 0.6 is 0 Å². The van der Waals surface area contributed by atoms with E-state index in [2.05, 4.69) is 59.8 Å². The summed E-state index contributed by atoms with van der Waals surface area (Å²) in [5.41, 5.74) is 1.62. The standard InChI is InChI=1S/C25H44O3/c1-17(2)23(28)11-10-18(3)25(6)13-12-20(24(25,4)5)9-7-8-19-14-21(26)16-22(27)15-19/h7-9,17-18,20-23,26-28H,10-16H2,1-6H3/b9-7+/t18-,20+,21+,22+,23-,25?/m0/s1. The van der Waals surface area contributed by atoms with Gasteiger partial charge in [0.05, 0.1) is 18.3 Å². The van der Waals surface area contributed by atoms with Crippen molar-refractivity contribution in [3.05, 3.63) is 23.8 Å². The van der Waals surface area contributed by atoms with Crippen LogP contribution in [0, 0.1) is 28.6 Å². The maximum atomic E-state index is 10.2. The molecule has 2 aliphatic rings. The molecule has 1 unspecified atom stereocenters. The van der Waals surface area contributed by atoms with Gasteiger partial charge in [-0.1, -0.05) is 65.3 Å². The number of rotatable bonds is 7. The van der Waals surface area contributed by atoms with Crippen molar-refractivity contribution in [3.63, 3.8) is 0 Å². The summed E-state index contributed by atoms with van der Waals surface area (Å²) in [5.74, 6) is 1.44. The van der Waals surface area contributed by atoms with Crippen molar-refractivity contribution >= 4 is 0 Å². The van der Waals surface area contributed by atoms with Crippen LogP contribution in [0.1, 0.15) is 86.5 Å². The maximum absolute atomic E-state index is 10.2. The topological polar surface area (TPSA) is 60.7 Å². The van der Waals surface area contributed by atoms with E-state index in [1.54, 1.807) is 0 Å². The quantitative estimate of drug-likeness (QED) is 0.554. The first-order valence-corrected chi connectivity index (χ1v) is 11.4. The summed E-state index contributed by atoms with van der Waals surface area (Å²) in [6.45, 7) is 13.8. The minimum absolute atomic E-state index is 0.195. The van der Waals surface area contributed by atoms with Gasteiger partial charge in [0.25, 0.3) is 0 Å². The van der Waals surface area contributed by atoms with Crippen LogP contribution in [0.25, 0.3) is 0 Å². The molecule has 0 aromatic heterocycles. The fourth-order valence-corrected chi connectivity index (χ4v) is 5.48. The van der Waals surface area contributed by atoms with Crippen LogP contribution in [0.5, 0.6) is 0 Å². The highest BCUT2D eigenvalue weighted by Crippen LogP contribution is 2.60. The van der Waals surface area contributed by atoms with Gasteiger partial charge in [-0.05, 0) is 73.5 Å². The molecule has 3 nitrogen and oxygen atoms in total. The number of aliphatic hydroxyl groups excluding tert-OH is 3. The highest BCUT2D eigenvalue weighted by molar-refractivity contribution is 5.19. The molecular weight excluding hydrogens is 348 g/mol. The number of hydrogen-bond acceptors (Lipinski definition) is 3.